The van der Waals surface area contributed by atoms with Crippen molar-refractivity contribution in [1.29, 1.82) is 0 Å². The van der Waals surface area contributed by atoms with Gasteiger partial charge in [-0.05, 0) is 43.2 Å². The molecule has 3 aromatic rings. The van der Waals surface area contributed by atoms with E-state index in [9.17, 15) is 18.0 Å². The van der Waals surface area contributed by atoms with Gasteiger partial charge in [-0.2, -0.15) is 0 Å². The Morgan fingerprint density at radius 3 is 2.21 bits per heavy atom. The van der Waals surface area contributed by atoms with Crippen molar-refractivity contribution in [3.63, 3.8) is 0 Å². The van der Waals surface area contributed by atoms with Crippen molar-refractivity contribution in [2.24, 2.45) is 14.1 Å². The van der Waals surface area contributed by atoms with Crippen LogP contribution in [0.5, 0.6) is 0 Å². The number of imidazole rings is 1. The van der Waals surface area contributed by atoms with E-state index in [1.807, 2.05) is 32.0 Å². The summed E-state index contributed by atoms with van der Waals surface area (Å²) in [7, 11) is -0.337. The smallest absolute Gasteiger partial charge is 0.324 e. The monoisotopic (exact) mass is 416 g/mol. The van der Waals surface area contributed by atoms with E-state index in [2.05, 4.69) is 5.32 Å². The summed E-state index contributed by atoms with van der Waals surface area (Å²) >= 11 is 0. The van der Waals surface area contributed by atoms with Gasteiger partial charge in [0.05, 0.1) is 23.0 Å². The number of carbonyl (C=O) groups excluding carboxylic acids is 1. The third kappa shape index (κ3) is 3.91. The lowest BCUT2D eigenvalue weighted by atomic mass is 10.1. The SMILES string of the molecule is Cc1cccc(C)c1N(CC(=O)Nc1ccc2c(c1)n(C)c(=O)n2C)S(C)(=O)=O. The molecule has 2 aromatic carbocycles. The number of carbonyl (C=O) groups is 1. The van der Waals surface area contributed by atoms with Gasteiger partial charge in [0.15, 0.2) is 0 Å². The number of hydrogen-bond acceptors (Lipinski definition) is 4. The maximum atomic E-state index is 12.7. The Balaban J connectivity index is 1.91. The summed E-state index contributed by atoms with van der Waals surface area (Å²) in [4.78, 5) is 24.7. The topological polar surface area (TPSA) is 93.4 Å². The van der Waals surface area contributed by atoms with Gasteiger partial charge >= 0.3 is 5.69 Å². The number of sulfonamides is 1. The number of para-hydroxylation sites is 1. The van der Waals surface area contributed by atoms with E-state index in [1.165, 1.54) is 9.13 Å². The quantitative estimate of drug-likeness (QED) is 0.687. The van der Waals surface area contributed by atoms with Crippen LogP contribution >= 0.6 is 0 Å². The Hall–Kier alpha value is -3.07. The molecule has 0 aliphatic heterocycles. The lowest BCUT2D eigenvalue weighted by Gasteiger charge is -2.25. The first-order valence-corrected chi connectivity index (χ1v) is 10.8. The number of nitrogens with one attached hydrogen (secondary N) is 1. The molecule has 154 valence electrons. The highest BCUT2D eigenvalue weighted by Gasteiger charge is 2.24. The Kier molecular flexibility index (Phi) is 5.27. The zero-order valence-corrected chi connectivity index (χ0v) is 17.9. The minimum atomic E-state index is -3.67. The molecule has 29 heavy (non-hydrogen) atoms. The summed E-state index contributed by atoms with van der Waals surface area (Å²) < 4.78 is 28.9. The van der Waals surface area contributed by atoms with Crippen LogP contribution in [-0.4, -0.2) is 36.3 Å². The fraction of sp³-hybridized carbons (Fsp3) is 0.300. The van der Waals surface area contributed by atoms with Gasteiger partial charge in [0, 0.05) is 19.8 Å². The molecular formula is C20H24N4O4S. The molecule has 9 heteroatoms. The molecular weight excluding hydrogens is 392 g/mol. The van der Waals surface area contributed by atoms with E-state index in [4.69, 9.17) is 0 Å². The first-order valence-electron chi connectivity index (χ1n) is 9.00. The molecule has 0 saturated carbocycles. The first kappa shape index (κ1) is 20.7. The third-order valence-corrected chi connectivity index (χ3v) is 6.04. The van der Waals surface area contributed by atoms with Gasteiger partial charge in [0.2, 0.25) is 15.9 Å². The summed E-state index contributed by atoms with van der Waals surface area (Å²) in [5.41, 5.74) is 3.77. The minimum Gasteiger partial charge on any atom is -0.324 e. The molecule has 1 heterocycles. The predicted octanol–water partition coefficient (Wildman–Crippen LogP) is 1.90. The lowest BCUT2D eigenvalue weighted by Crippen LogP contribution is -2.38. The number of aryl methyl sites for hydroxylation is 4. The molecule has 1 aromatic heterocycles. The maximum absolute atomic E-state index is 12.7. The molecule has 0 radical (unpaired) electrons. The van der Waals surface area contributed by atoms with Crippen molar-refractivity contribution < 1.29 is 13.2 Å². The highest BCUT2D eigenvalue weighted by molar-refractivity contribution is 7.92. The molecule has 0 aliphatic carbocycles. The molecule has 3 rings (SSSR count). The standard InChI is InChI=1S/C20H24N4O4S/c1-13-7-6-8-14(2)19(13)24(29(5,27)28)12-18(25)21-15-9-10-16-17(11-15)23(4)20(26)22(16)3/h6-11H,12H2,1-5H3,(H,21,25). The minimum absolute atomic E-state index is 0.165. The van der Waals surface area contributed by atoms with Crippen molar-refractivity contribution in [3.05, 3.63) is 58.0 Å². The highest BCUT2D eigenvalue weighted by Crippen LogP contribution is 2.26. The molecule has 1 N–H and O–H groups in total. The Morgan fingerprint density at radius 1 is 1.03 bits per heavy atom. The molecule has 0 aliphatic rings. The van der Waals surface area contributed by atoms with Crippen molar-refractivity contribution in [2.75, 3.05) is 22.4 Å². The highest BCUT2D eigenvalue weighted by atomic mass is 32.2. The molecule has 0 atom stereocenters. The van der Waals surface area contributed by atoms with E-state index >= 15 is 0 Å². The van der Waals surface area contributed by atoms with Crippen LogP contribution in [0.3, 0.4) is 0 Å². The second-order valence-electron chi connectivity index (χ2n) is 7.16. The fourth-order valence-electron chi connectivity index (χ4n) is 3.48. The lowest BCUT2D eigenvalue weighted by molar-refractivity contribution is -0.114. The second-order valence-corrected chi connectivity index (χ2v) is 9.07. The maximum Gasteiger partial charge on any atom is 0.328 e. The molecule has 0 spiro atoms. The van der Waals surface area contributed by atoms with Crippen LogP contribution in [0, 0.1) is 13.8 Å². The van der Waals surface area contributed by atoms with Crippen molar-refractivity contribution in [3.8, 4) is 0 Å². The zero-order valence-electron chi connectivity index (χ0n) is 17.1. The fourth-order valence-corrected chi connectivity index (χ4v) is 4.45. The van der Waals surface area contributed by atoms with E-state index in [0.29, 0.717) is 16.9 Å². The number of nitrogens with zero attached hydrogens (tertiary/aromatic N) is 3. The predicted molar refractivity (Wildman–Crippen MR) is 115 cm³/mol. The summed E-state index contributed by atoms with van der Waals surface area (Å²) in [5, 5.41) is 2.73. The van der Waals surface area contributed by atoms with Crippen molar-refractivity contribution >= 4 is 38.3 Å². The normalized spacial score (nSPS) is 11.6. The van der Waals surface area contributed by atoms with E-state index in [-0.39, 0.29) is 12.2 Å². The summed E-state index contributed by atoms with van der Waals surface area (Å²) in [5.74, 6) is -0.474. The average Bonchev–Trinajstić information content (AvgIpc) is 2.84. The van der Waals surface area contributed by atoms with Crippen LogP contribution in [0.2, 0.25) is 0 Å². The molecule has 0 saturated heterocycles. The van der Waals surface area contributed by atoms with Crippen LogP contribution in [-0.2, 0) is 28.9 Å². The number of amides is 1. The molecule has 0 fully saturated rings. The van der Waals surface area contributed by atoms with Gasteiger partial charge in [0.25, 0.3) is 0 Å². The molecule has 0 bridgehead atoms. The first-order chi connectivity index (χ1) is 13.5. The van der Waals surface area contributed by atoms with E-state index < -0.39 is 15.9 Å². The summed E-state index contributed by atoms with van der Waals surface area (Å²) in [6.45, 7) is 3.26. The molecule has 8 nitrogen and oxygen atoms in total. The summed E-state index contributed by atoms with van der Waals surface area (Å²) in [6.07, 6.45) is 1.08. The van der Waals surface area contributed by atoms with Crippen LogP contribution < -0.4 is 15.3 Å². The van der Waals surface area contributed by atoms with E-state index in [1.54, 1.807) is 32.3 Å². The summed E-state index contributed by atoms with van der Waals surface area (Å²) in [6, 6.07) is 10.6. The number of fused-ring (bicyclic) bond motifs is 1. The van der Waals surface area contributed by atoms with Gasteiger partial charge in [-0.15, -0.1) is 0 Å². The number of hydrogen-bond donors (Lipinski definition) is 1. The van der Waals surface area contributed by atoms with Gasteiger partial charge < -0.3 is 5.32 Å². The largest absolute Gasteiger partial charge is 0.328 e. The van der Waals surface area contributed by atoms with Crippen LogP contribution in [0.4, 0.5) is 11.4 Å². The van der Waals surface area contributed by atoms with Crippen LogP contribution in [0.15, 0.2) is 41.2 Å². The van der Waals surface area contributed by atoms with Gasteiger partial charge in [-0.3, -0.25) is 18.2 Å². The van der Waals surface area contributed by atoms with Crippen molar-refractivity contribution in [1.82, 2.24) is 9.13 Å². The number of anilines is 2. The zero-order chi connectivity index (χ0) is 21.5. The van der Waals surface area contributed by atoms with Gasteiger partial charge in [0.1, 0.15) is 6.54 Å². The van der Waals surface area contributed by atoms with Crippen molar-refractivity contribution in [2.45, 2.75) is 13.8 Å². The van der Waals surface area contributed by atoms with Crippen LogP contribution in [0.25, 0.3) is 11.0 Å². The number of benzene rings is 2. The number of rotatable bonds is 5. The van der Waals surface area contributed by atoms with Crippen LogP contribution in [0.1, 0.15) is 11.1 Å². The van der Waals surface area contributed by atoms with Gasteiger partial charge in [-0.1, -0.05) is 18.2 Å². The third-order valence-electron chi connectivity index (χ3n) is 4.93. The Labute approximate surface area is 169 Å². The molecule has 0 unspecified atom stereocenters. The average molecular weight is 417 g/mol. The molecule has 1 amide bonds. The number of aromatic nitrogens is 2. The second kappa shape index (κ2) is 7.40. The van der Waals surface area contributed by atoms with Gasteiger partial charge in [-0.25, -0.2) is 13.2 Å². The Bertz CT molecular complexity index is 1250. The van der Waals surface area contributed by atoms with E-state index in [0.717, 1.165) is 27.2 Å². The Morgan fingerprint density at radius 2 is 1.62 bits per heavy atom.